The van der Waals surface area contributed by atoms with Gasteiger partial charge in [0.1, 0.15) is 6.10 Å². The Balaban J connectivity index is 1.16. The molecule has 1 unspecified atom stereocenters. The van der Waals surface area contributed by atoms with Crippen LogP contribution in [0.2, 0.25) is 0 Å². The minimum Gasteiger partial charge on any atom is -0.368 e. The van der Waals surface area contributed by atoms with Gasteiger partial charge in [0, 0.05) is 45.8 Å². The van der Waals surface area contributed by atoms with Gasteiger partial charge in [0.15, 0.2) is 0 Å². The second-order valence-electron chi connectivity index (χ2n) is 7.28. The second-order valence-corrected chi connectivity index (χ2v) is 8.39. The van der Waals surface area contributed by atoms with Gasteiger partial charge in [0.2, 0.25) is 5.91 Å². The van der Waals surface area contributed by atoms with E-state index in [0.717, 1.165) is 42.9 Å². The van der Waals surface area contributed by atoms with Gasteiger partial charge < -0.3 is 15.0 Å². The maximum atomic E-state index is 12.4. The Hall–Kier alpha value is -2.03. The molecule has 2 aromatic rings. The number of hydrogen-bond donors (Lipinski definition) is 1. The summed E-state index contributed by atoms with van der Waals surface area (Å²) in [6.45, 7) is 4.44. The molecule has 2 saturated heterocycles. The molecule has 7 nitrogen and oxygen atoms in total. The fourth-order valence-electron chi connectivity index (χ4n) is 3.70. The molecular weight excluding hydrogens is 376 g/mol. The monoisotopic (exact) mass is 402 g/mol. The number of para-hydroxylation sites is 1. The van der Waals surface area contributed by atoms with Crippen molar-refractivity contribution in [1.29, 1.82) is 0 Å². The number of fused-ring (bicyclic) bond motifs is 1. The third-order valence-electron chi connectivity index (χ3n) is 5.26. The highest BCUT2D eigenvalue weighted by molar-refractivity contribution is 7.18. The van der Waals surface area contributed by atoms with Crippen molar-refractivity contribution in [2.24, 2.45) is 0 Å². The van der Waals surface area contributed by atoms with Gasteiger partial charge in [0.25, 0.3) is 5.91 Å². The Kier molecular flexibility index (Phi) is 6.19. The lowest BCUT2D eigenvalue weighted by Crippen LogP contribution is -2.53. The Morgan fingerprint density at radius 3 is 2.79 bits per heavy atom. The fraction of sp³-hybridized carbons (Fsp3) is 0.550. The van der Waals surface area contributed by atoms with Crippen LogP contribution in [0.15, 0.2) is 24.3 Å². The average Bonchev–Trinajstić information content (AvgIpc) is 3.37. The summed E-state index contributed by atoms with van der Waals surface area (Å²) >= 11 is 1.68. The molecule has 3 heterocycles. The number of rotatable bonds is 6. The minimum atomic E-state index is -0.252. The summed E-state index contributed by atoms with van der Waals surface area (Å²) in [6, 6.07) is 8.08. The van der Waals surface area contributed by atoms with E-state index in [9.17, 15) is 9.59 Å². The van der Waals surface area contributed by atoms with Gasteiger partial charge in [-0.3, -0.25) is 14.5 Å². The molecule has 0 radical (unpaired) electrons. The molecule has 8 heteroatoms. The molecule has 1 N–H and O–H groups in total. The zero-order valence-corrected chi connectivity index (χ0v) is 16.7. The van der Waals surface area contributed by atoms with Crippen LogP contribution in [0.1, 0.15) is 17.8 Å². The van der Waals surface area contributed by atoms with Gasteiger partial charge in [-0.15, -0.1) is 11.3 Å². The molecule has 1 atom stereocenters. The minimum absolute atomic E-state index is 0.0278. The number of nitrogens with zero attached hydrogens (tertiary/aromatic N) is 3. The molecule has 2 amide bonds. The van der Waals surface area contributed by atoms with Crippen LogP contribution in [-0.2, 0) is 20.7 Å². The largest absolute Gasteiger partial charge is 0.368 e. The number of aromatic nitrogens is 1. The van der Waals surface area contributed by atoms with E-state index in [0.29, 0.717) is 32.8 Å². The standard InChI is InChI=1S/C20H26N4O3S/c25-18(21-8-7-19-22-15-4-1-2-6-17(15)28-19)14-23-9-11-24(12-10-23)20(26)16-5-3-13-27-16/h1-2,4,6,16H,3,5,7-14H2,(H,21,25). The van der Waals surface area contributed by atoms with Crippen molar-refractivity contribution in [2.75, 3.05) is 45.9 Å². The summed E-state index contributed by atoms with van der Waals surface area (Å²) in [6.07, 6.45) is 2.29. The lowest BCUT2D eigenvalue weighted by molar-refractivity contribution is -0.142. The van der Waals surface area contributed by atoms with Gasteiger partial charge in [0.05, 0.1) is 21.8 Å². The highest BCUT2D eigenvalue weighted by Gasteiger charge is 2.30. The van der Waals surface area contributed by atoms with Crippen molar-refractivity contribution in [3.8, 4) is 0 Å². The SMILES string of the molecule is O=C(CN1CCN(C(=O)C2CCCO2)CC1)NCCc1nc2ccccc2s1. The van der Waals surface area contributed by atoms with Crippen LogP contribution in [0, 0.1) is 0 Å². The molecule has 1 aromatic heterocycles. The van der Waals surface area contributed by atoms with E-state index in [-0.39, 0.29) is 17.9 Å². The number of amides is 2. The maximum absolute atomic E-state index is 12.4. The maximum Gasteiger partial charge on any atom is 0.251 e. The van der Waals surface area contributed by atoms with Crippen LogP contribution in [0.4, 0.5) is 0 Å². The summed E-state index contributed by atoms with van der Waals surface area (Å²) in [4.78, 5) is 33.2. The first kappa shape index (κ1) is 19.3. The first-order valence-corrected chi connectivity index (χ1v) is 10.7. The zero-order valence-electron chi connectivity index (χ0n) is 15.9. The topological polar surface area (TPSA) is 74.8 Å². The van der Waals surface area contributed by atoms with Crippen LogP contribution < -0.4 is 5.32 Å². The Morgan fingerprint density at radius 1 is 1.21 bits per heavy atom. The summed E-state index contributed by atoms with van der Waals surface area (Å²) in [5, 5.41) is 4.03. The number of piperazine rings is 1. The van der Waals surface area contributed by atoms with Gasteiger partial charge in [-0.05, 0) is 25.0 Å². The Morgan fingerprint density at radius 2 is 2.04 bits per heavy atom. The third kappa shape index (κ3) is 4.68. The van der Waals surface area contributed by atoms with Gasteiger partial charge in [-0.1, -0.05) is 12.1 Å². The number of hydrogen-bond acceptors (Lipinski definition) is 6. The van der Waals surface area contributed by atoms with Crippen LogP contribution in [0.5, 0.6) is 0 Å². The van der Waals surface area contributed by atoms with Crippen molar-refractivity contribution in [3.63, 3.8) is 0 Å². The van der Waals surface area contributed by atoms with Crippen molar-refractivity contribution in [2.45, 2.75) is 25.4 Å². The van der Waals surface area contributed by atoms with E-state index >= 15 is 0 Å². The first-order valence-electron chi connectivity index (χ1n) is 9.93. The first-order chi connectivity index (χ1) is 13.7. The molecule has 28 heavy (non-hydrogen) atoms. The number of carbonyl (C=O) groups excluding carboxylic acids is 2. The Bertz CT molecular complexity index is 793. The molecule has 1 aromatic carbocycles. The average molecular weight is 403 g/mol. The van der Waals surface area contributed by atoms with Crippen molar-refractivity contribution < 1.29 is 14.3 Å². The molecule has 150 valence electrons. The second kappa shape index (κ2) is 8.98. The van der Waals surface area contributed by atoms with Crippen LogP contribution >= 0.6 is 11.3 Å². The third-order valence-corrected chi connectivity index (χ3v) is 6.35. The quantitative estimate of drug-likeness (QED) is 0.788. The van der Waals surface area contributed by atoms with Crippen molar-refractivity contribution >= 4 is 33.4 Å². The van der Waals surface area contributed by atoms with E-state index in [1.54, 1.807) is 11.3 Å². The van der Waals surface area contributed by atoms with E-state index in [2.05, 4.69) is 21.3 Å². The smallest absolute Gasteiger partial charge is 0.251 e. The summed E-state index contributed by atoms with van der Waals surface area (Å²) < 4.78 is 6.67. The Labute approximate surface area is 168 Å². The molecule has 0 aliphatic carbocycles. The number of benzene rings is 1. The number of ether oxygens (including phenoxy) is 1. The summed E-state index contributed by atoms with van der Waals surface area (Å²) in [5.74, 6) is 0.137. The molecule has 2 aliphatic heterocycles. The molecule has 0 saturated carbocycles. The predicted molar refractivity (Wildman–Crippen MR) is 108 cm³/mol. The van der Waals surface area contributed by atoms with E-state index in [1.807, 2.05) is 23.1 Å². The number of nitrogens with one attached hydrogen (secondary N) is 1. The molecule has 4 rings (SSSR count). The predicted octanol–water partition coefficient (Wildman–Crippen LogP) is 1.28. The lowest BCUT2D eigenvalue weighted by Gasteiger charge is -2.35. The number of carbonyl (C=O) groups is 2. The van der Waals surface area contributed by atoms with E-state index < -0.39 is 0 Å². The normalized spacial score (nSPS) is 20.6. The molecular formula is C20H26N4O3S. The fourth-order valence-corrected chi connectivity index (χ4v) is 4.66. The zero-order chi connectivity index (χ0) is 19.3. The van der Waals surface area contributed by atoms with Gasteiger partial charge in [-0.2, -0.15) is 0 Å². The molecule has 0 spiro atoms. The number of thiazole rings is 1. The van der Waals surface area contributed by atoms with E-state index in [1.165, 1.54) is 4.70 Å². The van der Waals surface area contributed by atoms with Crippen molar-refractivity contribution in [1.82, 2.24) is 20.1 Å². The van der Waals surface area contributed by atoms with Gasteiger partial charge >= 0.3 is 0 Å². The highest BCUT2D eigenvalue weighted by Crippen LogP contribution is 2.21. The van der Waals surface area contributed by atoms with Crippen molar-refractivity contribution in [3.05, 3.63) is 29.3 Å². The molecule has 0 bridgehead atoms. The summed E-state index contributed by atoms with van der Waals surface area (Å²) in [7, 11) is 0. The van der Waals surface area contributed by atoms with Crippen LogP contribution in [0.3, 0.4) is 0 Å². The lowest BCUT2D eigenvalue weighted by atomic mass is 10.2. The molecule has 2 fully saturated rings. The summed E-state index contributed by atoms with van der Waals surface area (Å²) in [5.41, 5.74) is 1.02. The molecule has 2 aliphatic rings. The van der Waals surface area contributed by atoms with Crippen LogP contribution in [-0.4, -0.2) is 78.6 Å². The highest BCUT2D eigenvalue weighted by atomic mass is 32.1. The van der Waals surface area contributed by atoms with E-state index in [4.69, 9.17) is 4.74 Å². The van der Waals surface area contributed by atoms with Crippen LogP contribution in [0.25, 0.3) is 10.2 Å². The van der Waals surface area contributed by atoms with Gasteiger partial charge in [-0.25, -0.2) is 4.98 Å².